The van der Waals surface area contributed by atoms with Crippen LogP contribution in [0.4, 0.5) is 0 Å². The normalized spacial score (nSPS) is 10.9. The van der Waals surface area contributed by atoms with E-state index in [4.69, 9.17) is 0 Å². The highest BCUT2D eigenvalue weighted by Crippen LogP contribution is 2.20. The van der Waals surface area contributed by atoms with Crippen molar-refractivity contribution in [2.24, 2.45) is 7.05 Å². The van der Waals surface area contributed by atoms with E-state index in [0.717, 1.165) is 5.52 Å². The van der Waals surface area contributed by atoms with Crippen LogP contribution in [-0.4, -0.2) is 9.78 Å². The van der Waals surface area contributed by atoms with Crippen LogP contribution in [0, 0.1) is 13.8 Å². The number of aryl methyl sites for hydroxylation is 3. The second-order valence-electron chi connectivity index (χ2n) is 3.18. The van der Waals surface area contributed by atoms with E-state index in [1.54, 1.807) is 0 Å². The Balaban J connectivity index is 2.97. The number of rotatable bonds is 0. The first-order chi connectivity index (χ1) is 5.70. The average molecular weight is 160 g/mol. The maximum Gasteiger partial charge on any atom is 0.0928 e. The Kier molecular flexibility index (Phi) is 1.43. The van der Waals surface area contributed by atoms with Gasteiger partial charge in [0.25, 0.3) is 0 Å². The second-order valence-corrected chi connectivity index (χ2v) is 3.18. The van der Waals surface area contributed by atoms with Gasteiger partial charge in [0.05, 0.1) is 5.52 Å². The first kappa shape index (κ1) is 7.35. The Hall–Kier alpha value is -1.31. The van der Waals surface area contributed by atoms with Crippen molar-refractivity contribution in [1.82, 2.24) is 9.78 Å². The quantitative estimate of drug-likeness (QED) is 0.577. The lowest BCUT2D eigenvalue weighted by Gasteiger charge is -1.95. The first-order valence-electron chi connectivity index (χ1n) is 4.09. The molecule has 12 heavy (non-hydrogen) atoms. The van der Waals surface area contributed by atoms with Crippen LogP contribution in [-0.2, 0) is 7.05 Å². The summed E-state index contributed by atoms with van der Waals surface area (Å²) in [6.07, 6.45) is 0. The Labute approximate surface area is 71.8 Å². The number of benzene rings is 1. The minimum absolute atomic E-state index is 1.09. The molecule has 62 valence electrons. The smallest absolute Gasteiger partial charge is 0.0928 e. The number of nitrogens with zero attached hydrogens (tertiary/aromatic N) is 2. The highest BCUT2D eigenvalue weighted by Gasteiger charge is 2.05. The number of hydrogen-bond acceptors (Lipinski definition) is 1. The summed E-state index contributed by atoms with van der Waals surface area (Å²) >= 11 is 0. The molecular weight excluding hydrogens is 148 g/mol. The van der Waals surface area contributed by atoms with Gasteiger partial charge in [-0.15, -0.1) is 0 Å². The van der Waals surface area contributed by atoms with Crippen LogP contribution in [0.3, 0.4) is 0 Å². The minimum atomic E-state index is 1.09. The number of aromatic nitrogens is 2. The van der Waals surface area contributed by atoms with E-state index in [1.165, 1.54) is 16.6 Å². The molecule has 0 fully saturated rings. The van der Waals surface area contributed by atoms with Crippen molar-refractivity contribution in [2.45, 2.75) is 13.8 Å². The Morgan fingerprint density at radius 2 is 2.00 bits per heavy atom. The average Bonchev–Trinajstić information content (AvgIpc) is 2.29. The Bertz CT molecular complexity index is 427. The molecule has 0 saturated carbocycles. The molecule has 2 aromatic rings. The van der Waals surface area contributed by atoms with E-state index < -0.39 is 0 Å². The van der Waals surface area contributed by atoms with E-state index in [-0.39, 0.29) is 0 Å². The zero-order valence-corrected chi connectivity index (χ0v) is 7.63. The SMILES string of the molecule is Cc1cccc2nn(C)c(C)c12. The molecule has 0 spiro atoms. The largest absolute Gasteiger partial charge is 0.272 e. The summed E-state index contributed by atoms with van der Waals surface area (Å²) in [4.78, 5) is 0. The van der Waals surface area contributed by atoms with Crippen molar-refractivity contribution in [3.8, 4) is 0 Å². The van der Waals surface area contributed by atoms with Gasteiger partial charge in [-0.25, -0.2) is 0 Å². The molecule has 2 heteroatoms. The molecule has 0 saturated heterocycles. The standard InChI is InChI=1S/C10H12N2/c1-7-5-4-6-9-10(7)8(2)12(3)11-9/h4-6H,1-3H3. The van der Waals surface area contributed by atoms with E-state index in [2.05, 4.69) is 31.1 Å². The molecule has 1 aromatic heterocycles. The molecule has 0 aliphatic heterocycles. The van der Waals surface area contributed by atoms with E-state index in [9.17, 15) is 0 Å². The summed E-state index contributed by atoms with van der Waals surface area (Å²) in [7, 11) is 1.98. The lowest BCUT2D eigenvalue weighted by atomic mass is 10.1. The fourth-order valence-corrected chi connectivity index (χ4v) is 1.60. The van der Waals surface area contributed by atoms with E-state index in [1.807, 2.05) is 17.8 Å². The fourth-order valence-electron chi connectivity index (χ4n) is 1.60. The highest BCUT2D eigenvalue weighted by atomic mass is 15.3. The van der Waals surface area contributed by atoms with Gasteiger partial charge in [-0.2, -0.15) is 5.10 Å². The Morgan fingerprint density at radius 1 is 1.25 bits per heavy atom. The van der Waals surface area contributed by atoms with Crippen LogP contribution in [0.5, 0.6) is 0 Å². The summed E-state index contributed by atoms with van der Waals surface area (Å²) in [6, 6.07) is 6.22. The van der Waals surface area contributed by atoms with Gasteiger partial charge < -0.3 is 0 Å². The zero-order valence-electron chi connectivity index (χ0n) is 7.63. The third-order valence-electron chi connectivity index (χ3n) is 2.36. The predicted molar refractivity (Wildman–Crippen MR) is 50.2 cm³/mol. The fraction of sp³-hybridized carbons (Fsp3) is 0.300. The van der Waals surface area contributed by atoms with Crippen molar-refractivity contribution in [1.29, 1.82) is 0 Å². The summed E-state index contributed by atoms with van der Waals surface area (Å²) in [5.74, 6) is 0. The molecule has 0 N–H and O–H groups in total. The molecular formula is C10H12N2. The summed E-state index contributed by atoms with van der Waals surface area (Å²) in [5, 5.41) is 5.68. The van der Waals surface area contributed by atoms with Gasteiger partial charge in [-0.1, -0.05) is 12.1 Å². The molecule has 0 bridgehead atoms. The van der Waals surface area contributed by atoms with Crippen molar-refractivity contribution >= 4 is 10.9 Å². The third kappa shape index (κ3) is 0.843. The lowest BCUT2D eigenvalue weighted by Crippen LogP contribution is -1.91. The van der Waals surface area contributed by atoms with Gasteiger partial charge in [0.2, 0.25) is 0 Å². The Morgan fingerprint density at radius 3 is 2.67 bits per heavy atom. The van der Waals surface area contributed by atoms with Crippen LogP contribution in [0.2, 0.25) is 0 Å². The minimum Gasteiger partial charge on any atom is -0.272 e. The molecule has 2 nitrogen and oxygen atoms in total. The van der Waals surface area contributed by atoms with Crippen LogP contribution < -0.4 is 0 Å². The molecule has 0 amide bonds. The summed E-state index contributed by atoms with van der Waals surface area (Å²) in [5.41, 5.74) is 3.64. The highest BCUT2D eigenvalue weighted by molar-refractivity contribution is 5.84. The summed E-state index contributed by atoms with van der Waals surface area (Å²) in [6.45, 7) is 4.22. The molecule has 1 aromatic carbocycles. The van der Waals surface area contributed by atoms with E-state index in [0.29, 0.717) is 0 Å². The van der Waals surface area contributed by atoms with Gasteiger partial charge in [-0.3, -0.25) is 4.68 Å². The summed E-state index contributed by atoms with van der Waals surface area (Å²) < 4.78 is 1.93. The maximum absolute atomic E-state index is 4.39. The van der Waals surface area contributed by atoms with Crippen LogP contribution in [0.25, 0.3) is 10.9 Å². The van der Waals surface area contributed by atoms with Gasteiger partial charge in [-0.05, 0) is 25.5 Å². The predicted octanol–water partition coefficient (Wildman–Crippen LogP) is 2.19. The van der Waals surface area contributed by atoms with Crippen molar-refractivity contribution in [3.63, 3.8) is 0 Å². The van der Waals surface area contributed by atoms with Gasteiger partial charge in [0, 0.05) is 18.1 Å². The van der Waals surface area contributed by atoms with Crippen molar-refractivity contribution in [3.05, 3.63) is 29.5 Å². The zero-order chi connectivity index (χ0) is 8.72. The third-order valence-corrected chi connectivity index (χ3v) is 2.36. The second kappa shape index (κ2) is 2.34. The number of hydrogen-bond donors (Lipinski definition) is 0. The van der Waals surface area contributed by atoms with Crippen LogP contribution in [0.1, 0.15) is 11.3 Å². The molecule has 2 rings (SSSR count). The van der Waals surface area contributed by atoms with Crippen molar-refractivity contribution in [2.75, 3.05) is 0 Å². The molecule has 0 aliphatic rings. The number of fused-ring (bicyclic) bond motifs is 1. The van der Waals surface area contributed by atoms with Gasteiger partial charge in [0.1, 0.15) is 0 Å². The van der Waals surface area contributed by atoms with Crippen LogP contribution >= 0.6 is 0 Å². The monoisotopic (exact) mass is 160 g/mol. The maximum atomic E-state index is 4.39. The van der Waals surface area contributed by atoms with E-state index >= 15 is 0 Å². The first-order valence-corrected chi connectivity index (χ1v) is 4.09. The molecule has 0 aliphatic carbocycles. The van der Waals surface area contributed by atoms with Gasteiger partial charge >= 0.3 is 0 Å². The topological polar surface area (TPSA) is 17.8 Å². The molecule has 0 unspecified atom stereocenters. The van der Waals surface area contributed by atoms with Crippen LogP contribution in [0.15, 0.2) is 18.2 Å². The molecule has 0 atom stereocenters. The van der Waals surface area contributed by atoms with Crippen molar-refractivity contribution < 1.29 is 0 Å². The molecule has 1 heterocycles. The van der Waals surface area contributed by atoms with Gasteiger partial charge in [0.15, 0.2) is 0 Å². The lowest BCUT2D eigenvalue weighted by molar-refractivity contribution is 0.751. The molecule has 0 radical (unpaired) electrons.